The second-order valence-electron chi connectivity index (χ2n) is 5.63. The first-order valence-corrected chi connectivity index (χ1v) is 7.68. The molecule has 0 bridgehead atoms. The van der Waals surface area contributed by atoms with Gasteiger partial charge in [-0.1, -0.05) is 12.1 Å². The fourth-order valence-electron chi connectivity index (χ4n) is 2.44. The number of benzene rings is 2. The second-order valence-corrected chi connectivity index (χ2v) is 5.63. The lowest BCUT2D eigenvalue weighted by atomic mass is 10.2. The molecule has 0 saturated heterocycles. The third-order valence-corrected chi connectivity index (χ3v) is 3.67. The molecule has 3 aromatic rings. The molecule has 26 heavy (non-hydrogen) atoms. The molecule has 3 rings (SSSR count). The highest BCUT2D eigenvalue weighted by molar-refractivity contribution is 5.95. The Balaban J connectivity index is 1.77. The number of nitro groups is 1. The highest BCUT2D eigenvalue weighted by atomic mass is 16.6. The SMILES string of the molecule is Cc1cccc(NCC(=O)N=Nc2c(O)[nH]c3ccc([N+](=O)[O-])cc23)c1. The second kappa shape index (κ2) is 7.01. The number of hydrogen-bond acceptors (Lipinski definition) is 6. The predicted molar refractivity (Wildman–Crippen MR) is 95.8 cm³/mol. The Labute approximate surface area is 147 Å². The van der Waals surface area contributed by atoms with Crippen molar-refractivity contribution in [2.24, 2.45) is 10.2 Å². The van der Waals surface area contributed by atoms with Gasteiger partial charge in [-0.05, 0) is 30.7 Å². The molecule has 0 atom stereocenters. The van der Waals surface area contributed by atoms with E-state index in [-0.39, 0.29) is 23.8 Å². The maximum atomic E-state index is 11.9. The fraction of sp³-hybridized carbons (Fsp3) is 0.118. The lowest BCUT2D eigenvalue weighted by molar-refractivity contribution is -0.384. The molecule has 132 valence electrons. The molecule has 9 heteroatoms. The van der Waals surface area contributed by atoms with E-state index in [1.54, 1.807) is 0 Å². The van der Waals surface area contributed by atoms with Crippen LogP contribution in [0.3, 0.4) is 0 Å². The van der Waals surface area contributed by atoms with E-state index in [4.69, 9.17) is 0 Å². The minimum Gasteiger partial charge on any atom is -0.493 e. The smallest absolute Gasteiger partial charge is 0.283 e. The van der Waals surface area contributed by atoms with E-state index < -0.39 is 10.8 Å². The molecule has 0 saturated carbocycles. The van der Waals surface area contributed by atoms with E-state index in [2.05, 4.69) is 20.5 Å². The monoisotopic (exact) mass is 353 g/mol. The van der Waals surface area contributed by atoms with Crippen LogP contribution < -0.4 is 5.32 Å². The van der Waals surface area contributed by atoms with Gasteiger partial charge in [-0.2, -0.15) is 0 Å². The fourth-order valence-corrected chi connectivity index (χ4v) is 2.44. The quantitative estimate of drug-likeness (QED) is 0.364. The third-order valence-electron chi connectivity index (χ3n) is 3.67. The van der Waals surface area contributed by atoms with Gasteiger partial charge in [0.2, 0.25) is 5.88 Å². The van der Waals surface area contributed by atoms with E-state index >= 15 is 0 Å². The maximum Gasteiger partial charge on any atom is 0.283 e. The summed E-state index contributed by atoms with van der Waals surface area (Å²) in [7, 11) is 0. The van der Waals surface area contributed by atoms with Crippen molar-refractivity contribution in [3.8, 4) is 5.88 Å². The standard InChI is InChI=1S/C17H15N5O4/c1-10-3-2-4-11(7-10)18-9-15(23)20-21-16-13-8-12(22(25)26)5-6-14(13)19-17(16)24/h2-8,18-19,24H,9H2,1H3. The Morgan fingerprint density at radius 1 is 1.31 bits per heavy atom. The molecule has 1 heterocycles. The van der Waals surface area contributed by atoms with Crippen molar-refractivity contribution in [2.75, 3.05) is 11.9 Å². The van der Waals surface area contributed by atoms with Crippen LogP contribution in [0.5, 0.6) is 5.88 Å². The molecule has 0 aliphatic carbocycles. The largest absolute Gasteiger partial charge is 0.493 e. The Hall–Kier alpha value is -3.75. The van der Waals surface area contributed by atoms with Crippen LogP contribution in [0.4, 0.5) is 17.1 Å². The van der Waals surface area contributed by atoms with Crippen LogP contribution in [0, 0.1) is 17.0 Å². The number of amides is 1. The molecule has 0 fully saturated rings. The first kappa shape index (κ1) is 17.1. The number of aromatic hydroxyl groups is 1. The number of anilines is 1. The molecule has 0 unspecified atom stereocenters. The molecule has 0 radical (unpaired) electrons. The number of rotatable bonds is 5. The van der Waals surface area contributed by atoms with Gasteiger partial charge in [0.15, 0.2) is 5.69 Å². The van der Waals surface area contributed by atoms with Crippen molar-refractivity contribution >= 4 is 33.9 Å². The molecular weight excluding hydrogens is 338 g/mol. The number of nitro benzene ring substituents is 1. The Bertz CT molecular complexity index is 1030. The van der Waals surface area contributed by atoms with E-state index in [0.717, 1.165) is 11.3 Å². The average Bonchev–Trinajstić information content (AvgIpc) is 2.92. The molecule has 0 aliphatic rings. The Morgan fingerprint density at radius 2 is 2.12 bits per heavy atom. The van der Waals surface area contributed by atoms with Crippen LogP contribution >= 0.6 is 0 Å². The lowest BCUT2D eigenvalue weighted by Crippen LogP contribution is -2.10. The molecule has 1 aromatic heterocycles. The number of aromatic amines is 1. The van der Waals surface area contributed by atoms with Gasteiger partial charge >= 0.3 is 0 Å². The summed E-state index contributed by atoms with van der Waals surface area (Å²) in [5.41, 5.74) is 2.11. The number of aromatic nitrogens is 1. The number of H-pyrrole nitrogens is 1. The van der Waals surface area contributed by atoms with E-state index in [1.807, 2.05) is 31.2 Å². The Morgan fingerprint density at radius 3 is 2.85 bits per heavy atom. The molecule has 9 nitrogen and oxygen atoms in total. The van der Waals surface area contributed by atoms with E-state index in [1.165, 1.54) is 18.2 Å². The van der Waals surface area contributed by atoms with Crippen LogP contribution in [0.2, 0.25) is 0 Å². The number of hydrogen-bond donors (Lipinski definition) is 3. The van der Waals surface area contributed by atoms with Crippen LogP contribution in [0.1, 0.15) is 5.56 Å². The minimum atomic E-state index is -0.554. The average molecular weight is 353 g/mol. The van der Waals surface area contributed by atoms with Crippen molar-refractivity contribution in [1.82, 2.24) is 4.98 Å². The summed E-state index contributed by atoms with van der Waals surface area (Å²) in [5.74, 6) is -0.866. The summed E-state index contributed by atoms with van der Waals surface area (Å²) in [6.07, 6.45) is 0. The summed E-state index contributed by atoms with van der Waals surface area (Å²) < 4.78 is 0. The van der Waals surface area contributed by atoms with Crippen molar-refractivity contribution < 1.29 is 14.8 Å². The zero-order valence-corrected chi connectivity index (χ0v) is 13.8. The van der Waals surface area contributed by atoms with Gasteiger partial charge in [-0.3, -0.25) is 14.9 Å². The summed E-state index contributed by atoms with van der Waals surface area (Å²) in [6, 6.07) is 11.5. The summed E-state index contributed by atoms with van der Waals surface area (Å²) in [5, 5.41) is 31.4. The van der Waals surface area contributed by atoms with Gasteiger partial charge < -0.3 is 15.4 Å². The molecule has 0 aliphatic heterocycles. The number of fused-ring (bicyclic) bond motifs is 1. The zero-order chi connectivity index (χ0) is 18.7. The van der Waals surface area contributed by atoms with Gasteiger partial charge in [-0.25, -0.2) is 0 Å². The zero-order valence-electron chi connectivity index (χ0n) is 13.8. The number of non-ortho nitro benzene ring substituents is 1. The van der Waals surface area contributed by atoms with Crippen molar-refractivity contribution in [1.29, 1.82) is 0 Å². The van der Waals surface area contributed by atoms with Crippen LogP contribution in [-0.2, 0) is 4.79 Å². The van der Waals surface area contributed by atoms with E-state index in [9.17, 15) is 20.0 Å². The summed E-state index contributed by atoms with van der Waals surface area (Å²) in [6.45, 7) is 1.86. The normalized spacial score (nSPS) is 11.1. The maximum absolute atomic E-state index is 11.9. The number of carbonyl (C=O) groups excluding carboxylic acids is 1. The van der Waals surface area contributed by atoms with Gasteiger partial charge in [0, 0.05) is 23.2 Å². The molecule has 0 spiro atoms. The lowest BCUT2D eigenvalue weighted by Gasteiger charge is -2.03. The van der Waals surface area contributed by atoms with Gasteiger partial charge in [0.25, 0.3) is 11.6 Å². The number of aryl methyl sites for hydroxylation is 1. The van der Waals surface area contributed by atoms with Crippen LogP contribution in [-0.4, -0.2) is 27.5 Å². The van der Waals surface area contributed by atoms with Gasteiger partial charge in [-0.15, -0.1) is 10.2 Å². The van der Waals surface area contributed by atoms with Gasteiger partial charge in [0.05, 0.1) is 17.0 Å². The Kier molecular flexibility index (Phi) is 4.61. The summed E-state index contributed by atoms with van der Waals surface area (Å²) >= 11 is 0. The van der Waals surface area contributed by atoms with E-state index in [0.29, 0.717) is 10.9 Å². The molecular formula is C17H15N5O4. The first-order valence-electron chi connectivity index (χ1n) is 7.68. The molecule has 3 N–H and O–H groups in total. The minimum absolute atomic E-state index is 0.0207. The topological polar surface area (TPSA) is 133 Å². The van der Waals surface area contributed by atoms with Gasteiger partial charge in [0.1, 0.15) is 0 Å². The highest BCUT2D eigenvalue weighted by Gasteiger charge is 2.15. The van der Waals surface area contributed by atoms with Crippen LogP contribution in [0.15, 0.2) is 52.7 Å². The van der Waals surface area contributed by atoms with Crippen LogP contribution in [0.25, 0.3) is 10.9 Å². The third kappa shape index (κ3) is 3.66. The van der Waals surface area contributed by atoms with Crippen molar-refractivity contribution in [2.45, 2.75) is 6.92 Å². The summed E-state index contributed by atoms with van der Waals surface area (Å²) in [4.78, 5) is 24.9. The highest BCUT2D eigenvalue weighted by Crippen LogP contribution is 2.37. The predicted octanol–water partition coefficient (Wildman–Crippen LogP) is 3.81. The van der Waals surface area contributed by atoms with Crippen molar-refractivity contribution in [3.05, 3.63) is 58.1 Å². The van der Waals surface area contributed by atoms with Crippen molar-refractivity contribution in [3.63, 3.8) is 0 Å². The number of nitrogens with zero attached hydrogens (tertiary/aromatic N) is 3. The number of carbonyl (C=O) groups is 1. The number of nitrogens with one attached hydrogen (secondary N) is 2. The first-order chi connectivity index (χ1) is 12.4. The molecule has 2 aromatic carbocycles. The molecule has 1 amide bonds. The number of azo groups is 1.